The van der Waals surface area contributed by atoms with E-state index in [-0.39, 0.29) is 12.1 Å². The Morgan fingerprint density at radius 3 is 2.43 bits per heavy atom. The summed E-state index contributed by atoms with van der Waals surface area (Å²) in [5.74, 6) is -0.405. The molecule has 0 aromatic heterocycles. The standard InChI is InChI=1S/C21H24F3N3O/c1-16-5-4-6-17(15-16)27-13-11-26(12-14-27)10-9-20(28)25-19-8-3-2-7-18(19)21(22,23)24/h2-8,15H,9-14H2,1H3,(H,25,28). The highest BCUT2D eigenvalue weighted by Gasteiger charge is 2.33. The molecule has 0 atom stereocenters. The van der Waals surface area contributed by atoms with Crippen molar-refractivity contribution in [3.8, 4) is 0 Å². The Hall–Kier alpha value is -2.54. The van der Waals surface area contributed by atoms with Crippen molar-refractivity contribution in [2.45, 2.75) is 19.5 Å². The molecule has 1 amide bonds. The Balaban J connectivity index is 1.48. The van der Waals surface area contributed by atoms with Gasteiger partial charge in [-0.3, -0.25) is 9.69 Å². The quantitative estimate of drug-likeness (QED) is 0.831. The summed E-state index contributed by atoms with van der Waals surface area (Å²) < 4.78 is 39.0. The second kappa shape index (κ2) is 8.65. The first kappa shape index (κ1) is 20.2. The second-order valence-corrected chi connectivity index (χ2v) is 7.01. The number of para-hydroxylation sites is 1. The van der Waals surface area contributed by atoms with Gasteiger partial charge in [-0.15, -0.1) is 0 Å². The maximum atomic E-state index is 13.0. The molecule has 150 valence electrons. The number of nitrogens with one attached hydrogen (secondary N) is 1. The molecule has 3 rings (SSSR count). The van der Waals surface area contributed by atoms with Gasteiger partial charge in [-0.05, 0) is 36.8 Å². The van der Waals surface area contributed by atoms with E-state index in [4.69, 9.17) is 0 Å². The number of rotatable bonds is 5. The fraction of sp³-hybridized carbons (Fsp3) is 0.381. The van der Waals surface area contributed by atoms with Gasteiger partial charge in [0.15, 0.2) is 0 Å². The summed E-state index contributed by atoms with van der Waals surface area (Å²) in [6.07, 6.45) is -4.33. The van der Waals surface area contributed by atoms with E-state index in [0.29, 0.717) is 6.54 Å². The molecule has 0 unspecified atom stereocenters. The number of benzene rings is 2. The first-order valence-electron chi connectivity index (χ1n) is 9.33. The third-order valence-electron chi connectivity index (χ3n) is 4.90. The maximum Gasteiger partial charge on any atom is 0.418 e. The lowest BCUT2D eigenvalue weighted by Gasteiger charge is -2.36. The minimum absolute atomic E-state index is 0.163. The van der Waals surface area contributed by atoms with Gasteiger partial charge in [0, 0.05) is 44.8 Å². The van der Waals surface area contributed by atoms with Gasteiger partial charge in [0.25, 0.3) is 0 Å². The molecular formula is C21H24F3N3O. The average Bonchev–Trinajstić information content (AvgIpc) is 2.66. The van der Waals surface area contributed by atoms with Gasteiger partial charge < -0.3 is 10.2 Å². The molecule has 2 aromatic carbocycles. The zero-order valence-electron chi connectivity index (χ0n) is 15.8. The molecule has 0 aliphatic carbocycles. The van der Waals surface area contributed by atoms with Gasteiger partial charge in [-0.25, -0.2) is 0 Å². The highest BCUT2D eigenvalue weighted by Crippen LogP contribution is 2.34. The fourth-order valence-corrected chi connectivity index (χ4v) is 3.37. The summed E-state index contributed by atoms with van der Waals surface area (Å²) in [5, 5.41) is 2.40. The molecule has 2 aromatic rings. The van der Waals surface area contributed by atoms with Gasteiger partial charge in [-0.1, -0.05) is 24.3 Å². The molecule has 0 spiro atoms. The van der Waals surface area contributed by atoms with Gasteiger partial charge >= 0.3 is 6.18 Å². The molecule has 0 radical (unpaired) electrons. The summed E-state index contributed by atoms with van der Waals surface area (Å²) in [5.41, 5.74) is 1.40. The number of hydrogen-bond acceptors (Lipinski definition) is 3. The predicted octanol–water partition coefficient (Wildman–Crippen LogP) is 4.16. The molecule has 1 N–H and O–H groups in total. The number of amides is 1. The Morgan fingerprint density at radius 2 is 1.75 bits per heavy atom. The number of carbonyl (C=O) groups excluding carboxylic acids is 1. The average molecular weight is 391 g/mol. The molecule has 7 heteroatoms. The van der Waals surface area contributed by atoms with Crippen LogP contribution in [0.15, 0.2) is 48.5 Å². The van der Waals surface area contributed by atoms with E-state index < -0.39 is 17.6 Å². The Kier molecular flexibility index (Phi) is 6.24. The van der Waals surface area contributed by atoms with Crippen molar-refractivity contribution in [1.82, 2.24) is 4.90 Å². The van der Waals surface area contributed by atoms with Crippen LogP contribution in [0.2, 0.25) is 0 Å². The number of carbonyl (C=O) groups is 1. The lowest BCUT2D eigenvalue weighted by atomic mass is 10.1. The highest BCUT2D eigenvalue weighted by molar-refractivity contribution is 5.91. The number of hydrogen-bond donors (Lipinski definition) is 1. The Morgan fingerprint density at radius 1 is 1.04 bits per heavy atom. The molecule has 0 saturated carbocycles. The summed E-state index contributed by atoms with van der Waals surface area (Å²) in [6.45, 7) is 5.96. The van der Waals surface area contributed by atoms with Crippen LogP contribution in [0.4, 0.5) is 24.5 Å². The molecule has 1 fully saturated rings. The first-order chi connectivity index (χ1) is 13.3. The summed E-state index contributed by atoms with van der Waals surface area (Å²) >= 11 is 0. The number of alkyl halides is 3. The predicted molar refractivity (Wildman–Crippen MR) is 105 cm³/mol. The molecule has 4 nitrogen and oxygen atoms in total. The lowest BCUT2D eigenvalue weighted by Crippen LogP contribution is -2.47. The zero-order chi connectivity index (χ0) is 20.1. The topological polar surface area (TPSA) is 35.6 Å². The van der Waals surface area contributed by atoms with Gasteiger partial charge in [0.2, 0.25) is 5.91 Å². The molecule has 1 heterocycles. The number of aryl methyl sites for hydroxylation is 1. The number of piperazine rings is 1. The van der Waals surface area contributed by atoms with Crippen LogP contribution < -0.4 is 10.2 Å². The normalized spacial score (nSPS) is 15.5. The Bertz CT molecular complexity index is 815. The minimum atomic E-state index is -4.49. The fourth-order valence-electron chi connectivity index (χ4n) is 3.37. The third kappa shape index (κ3) is 5.25. The molecule has 1 aliphatic heterocycles. The van der Waals surface area contributed by atoms with Gasteiger partial charge in [-0.2, -0.15) is 13.2 Å². The molecule has 0 bridgehead atoms. The van der Waals surface area contributed by atoms with Crippen molar-refractivity contribution in [3.05, 3.63) is 59.7 Å². The van der Waals surface area contributed by atoms with Crippen LogP contribution in [0, 0.1) is 6.92 Å². The monoisotopic (exact) mass is 391 g/mol. The molecule has 28 heavy (non-hydrogen) atoms. The zero-order valence-corrected chi connectivity index (χ0v) is 15.8. The van der Waals surface area contributed by atoms with Crippen LogP contribution in [0.1, 0.15) is 17.5 Å². The second-order valence-electron chi connectivity index (χ2n) is 7.01. The van der Waals surface area contributed by atoms with Crippen molar-refractivity contribution in [2.75, 3.05) is 42.9 Å². The molecule has 1 saturated heterocycles. The van der Waals surface area contributed by atoms with Crippen LogP contribution in [0.5, 0.6) is 0 Å². The van der Waals surface area contributed by atoms with E-state index in [0.717, 1.165) is 32.2 Å². The largest absolute Gasteiger partial charge is 0.418 e. The van der Waals surface area contributed by atoms with E-state index in [1.165, 1.54) is 29.4 Å². The highest BCUT2D eigenvalue weighted by atomic mass is 19.4. The van der Waals surface area contributed by atoms with Gasteiger partial charge in [0.1, 0.15) is 0 Å². The number of halogens is 3. The van der Waals surface area contributed by atoms with E-state index in [1.54, 1.807) is 0 Å². The van der Waals surface area contributed by atoms with Crippen LogP contribution in [-0.4, -0.2) is 43.5 Å². The number of anilines is 2. The van der Waals surface area contributed by atoms with E-state index >= 15 is 0 Å². The Labute approximate surface area is 162 Å². The minimum Gasteiger partial charge on any atom is -0.369 e. The van der Waals surface area contributed by atoms with Crippen LogP contribution in [0.3, 0.4) is 0 Å². The maximum absolute atomic E-state index is 13.0. The molecule has 1 aliphatic rings. The van der Waals surface area contributed by atoms with Crippen molar-refractivity contribution in [1.29, 1.82) is 0 Å². The van der Waals surface area contributed by atoms with Crippen LogP contribution in [-0.2, 0) is 11.0 Å². The van der Waals surface area contributed by atoms with Crippen molar-refractivity contribution in [2.24, 2.45) is 0 Å². The third-order valence-corrected chi connectivity index (χ3v) is 4.90. The van der Waals surface area contributed by atoms with Crippen LogP contribution in [0.25, 0.3) is 0 Å². The first-order valence-corrected chi connectivity index (χ1v) is 9.33. The van der Waals surface area contributed by atoms with Crippen molar-refractivity contribution < 1.29 is 18.0 Å². The van der Waals surface area contributed by atoms with Crippen molar-refractivity contribution in [3.63, 3.8) is 0 Å². The molecular weight excluding hydrogens is 367 g/mol. The van der Waals surface area contributed by atoms with E-state index in [1.807, 2.05) is 6.07 Å². The summed E-state index contributed by atoms with van der Waals surface area (Å²) in [7, 11) is 0. The van der Waals surface area contributed by atoms with Crippen molar-refractivity contribution >= 4 is 17.3 Å². The van der Waals surface area contributed by atoms with E-state index in [2.05, 4.69) is 40.2 Å². The number of nitrogens with zero attached hydrogens (tertiary/aromatic N) is 2. The summed E-state index contributed by atoms with van der Waals surface area (Å²) in [6, 6.07) is 13.4. The smallest absolute Gasteiger partial charge is 0.369 e. The lowest BCUT2D eigenvalue weighted by molar-refractivity contribution is -0.137. The van der Waals surface area contributed by atoms with Crippen LogP contribution >= 0.6 is 0 Å². The summed E-state index contributed by atoms with van der Waals surface area (Å²) in [4.78, 5) is 16.6. The SMILES string of the molecule is Cc1cccc(N2CCN(CCC(=O)Nc3ccccc3C(F)(F)F)CC2)c1. The van der Waals surface area contributed by atoms with E-state index in [9.17, 15) is 18.0 Å². The van der Waals surface area contributed by atoms with Gasteiger partial charge in [0.05, 0.1) is 11.3 Å².